The summed E-state index contributed by atoms with van der Waals surface area (Å²) in [6.07, 6.45) is 1.51. The van der Waals surface area contributed by atoms with Gasteiger partial charge in [0.25, 0.3) is 0 Å². The van der Waals surface area contributed by atoms with Gasteiger partial charge in [0.1, 0.15) is 5.60 Å². The predicted molar refractivity (Wildman–Crippen MR) is 89.2 cm³/mol. The van der Waals surface area contributed by atoms with Gasteiger partial charge in [-0.3, -0.25) is 10.00 Å². The van der Waals surface area contributed by atoms with Crippen molar-refractivity contribution >= 4 is 28.8 Å². The largest absolute Gasteiger partial charge is 0.465 e. The maximum atomic E-state index is 12.0. The van der Waals surface area contributed by atoms with Crippen molar-refractivity contribution in [1.29, 1.82) is 0 Å². The van der Waals surface area contributed by atoms with E-state index >= 15 is 0 Å². The molecule has 0 atom stereocenters. The number of carbonyl (C=O) groups excluding carboxylic acids is 2. The molecule has 7 heteroatoms. The molecule has 3 rings (SSSR count). The highest BCUT2D eigenvalue weighted by Gasteiger charge is 2.28. The molecule has 1 aliphatic carbocycles. The van der Waals surface area contributed by atoms with Crippen LogP contribution in [0, 0.1) is 0 Å². The van der Waals surface area contributed by atoms with Gasteiger partial charge in [-0.1, -0.05) is 0 Å². The van der Waals surface area contributed by atoms with E-state index < -0.39 is 17.7 Å². The normalized spacial score (nSPS) is 14.5. The lowest BCUT2D eigenvalue weighted by molar-refractivity contribution is 0.0598. The van der Waals surface area contributed by atoms with Crippen LogP contribution in [0.1, 0.15) is 50.0 Å². The minimum absolute atomic E-state index is 0.301. The van der Waals surface area contributed by atoms with Gasteiger partial charge in [-0.15, -0.1) is 0 Å². The van der Waals surface area contributed by atoms with E-state index in [2.05, 4.69) is 10.4 Å². The van der Waals surface area contributed by atoms with Crippen LogP contribution in [0.2, 0.25) is 0 Å². The van der Waals surface area contributed by atoms with Crippen molar-refractivity contribution < 1.29 is 19.1 Å². The number of hydrogen-bond acceptors (Lipinski definition) is 5. The zero-order chi connectivity index (χ0) is 17.5. The maximum absolute atomic E-state index is 12.0. The predicted octanol–water partition coefficient (Wildman–Crippen LogP) is 3.50. The number of rotatable bonds is 3. The highest BCUT2D eigenvalue weighted by atomic mass is 16.6. The molecule has 0 unspecified atom stereocenters. The molecule has 1 amide bonds. The Bertz CT molecular complexity index is 800. The molecule has 0 saturated heterocycles. The third kappa shape index (κ3) is 3.34. The lowest BCUT2D eigenvalue weighted by Crippen LogP contribution is -2.27. The van der Waals surface area contributed by atoms with Crippen LogP contribution in [0.15, 0.2) is 18.2 Å². The van der Waals surface area contributed by atoms with Crippen molar-refractivity contribution in [3.05, 3.63) is 23.8 Å². The molecule has 2 aromatic rings. The number of carbonyl (C=O) groups is 2. The Hall–Kier alpha value is -2.57. The molecule has 7 nitrogen and oxygen atoms in total. The quantitative estimate of drug-likeness (QED) is 0.870. The van der Waals surface area contributed by atoms with Crippen molar-refractivity contribution in [2.75, 3.05) is 12.4 Å². The minimum atomic E-state index is -0.586. The van der Waals surface area contributed by atoms with E-state index in [9.17, 15) is 9.59 Å². The van der Waals surface area contributed by atoms with Gasteiger partial charge in [0.05, 0.1) is 24.2 Å². The maximum Gasteiger partial charge on any atom is 0.413 e. The Morgan fingerprint density at radius 1 is 1.29 bits per heavy atom. The summed E-state index contributed by atoms with van der Waals surface area (Å²) < 4.78 is 11.9. The number of amides is 1. The van der Waals surface area contributed by atoms with Crippen molar-refractivity contribution in [3.63, 3.8) is 0 Å². The Morgan fingerprint density at radius 3 is 2.58 bits per heavy atom. The second kappa shape index (κ2) is 5.81. The topological polar surface area (TPSA) is 82.4 Å². The standard InChI is InChI=1S/C17H21N3O4/c1-17(2,3)24-16(22)18-14-12-8-5-10(15(21)23-4)9-13(12)20(19-14)11-6-7-11/h5,8-9,11H,6-7H2,1-4H3,(H,18,19,22). The zero-order valence-corrected chi connectivity index (χ0v) is 14.3. The van der Waals surface area contributed by atoms with Crippen molar-refractivity contribution in [2.45, 2.75) is 45.3 Å². The third-order valence-electron chi connectivity index (χ3n) is 3.64. The second-order valence-electron chi connectivity index (χ2n) is 6.87. The SMILES string of the molecule is COC(=O)c1ccc2c(NC(=O)OC(C)(C)C)nn(C3CC3)c2c1. The highest BCUT2D eigenvalue weighted by molar-refractivity contribution is 6.01. The summed E-state index contributed by atoms with van der Waals surface area (Å²) in [5.74, 6) is 0.0321. The van der Waals surface area contributed by atoms with Crippen LogP contribution < -0.4 is 5.32 Å². The number of esters is 1. The zero-order valence-electron chi connectivity index (χ0n) is 14.3. The van der Waals surface area contributed by atoms with E-state index in [0.717, 1.165) is 23.7 Å². The molecule has 0 aliphatic heterocycles. The first kappa shape index (κ1) is 16.3. The molecule has 1 aromatic carbocycles. The molecule has 0 radical (unpaired) electrons. The average Bonchev–Trinajstić information content (AvgIpc) is 3.28. The van der Waals surface area contributed by atoms with Crippen LogP contribution in [0.5, 0.6) is 0 Å². The first-order valence-electron chi connectivity index (χ1n) is 7.89. The molecule has 128 valence electrons. The van der Waals surface area contributed by atoms with Gasteiger partial charge in [-0.25, -0.2) is 9.59 Å². The van der Waals surface area contributed by atoms with E-state index in [4.69, 9.17) is 9.47 Å². The second-order valence-corrected chi connectivity index (χ2v) is 6.87. The van der Waals surface area contributed by atoms with Crippen LogP contribution in [-0.2, 0) is 9.47 Å². The minimum Gasteiger partial charge on any atom is -0.465 e. The number of benzene rings is 1. The summed E-state index contributed by atoms with van der Waals surface area (Å²) in [6, 6.07) is 5.47. The summed E-state index contributed by atoms with van der Waals surface area (Å²) in [7, 11) is 1.35. The molecule has 1 saturated carbocycles. The molecular weight excluding hydrogens is 310 g/mol. The molecule has 1 fully saturated rings. The van der Waals surface area contributed by atoms with Gasteiger partial charge in [0, 0.05) is 5.39 Å². The van der Waals surface area contributed by atoms with Gasteiger partial charge >= 0.3 is 12.1 Å². The molecule has 1 aliphatic rings. The number of methoxy groups -OCH3 is 1. The number of anilines is 1. The lowest BCUT2D eigenvalue weighted by Gasteiger charge is -2.19. The number of nitrogens with zero attached hydrogens (tertiary/aromatic N) is 2. The summed E-state index contributed by atoms with van der Waals surface area (Å²) in [5, 5.41) is 7.96. The molecule has 0 bridgehead atoms. The average molecular weight is 331 g/mol. The van der Waals surface area contributed by atoms with Crippen LogP contribution in [0.3, 0.4) is 0 Å². The summed E-state index contributed by atoms with van der Waals surface area (Å²) >= 11 is 0. The Balaban J connectivity index is 1.97. The fraction of sp³-hybridized carbons (Fsp3) is 0.471. The fourth-order valence-electron chi connectivity index (χ4n) is 2.47. The van der Waals surface area contributed by atoms with Gasteiger partial charge in [0.2, 0.25) is 0 Å². The van der Waals surface area contributed by atoms with E-state index in [1.807, 2.05) is 4.68 Å². The summed E-state index contributed by atoms with van der Waals surface area (Å²) in [4.78, 5) is 23.8. The van der Waals surface area contributed by atoms with E-state index in [1.54, 1.807) is 39.0 Å². The Labute approximate surface area is 139 Å². The Kier molecular flexibility index (Phi) is 3.95. The number of fused-ring (bicyclic) bond motifs is 1. The Morgan fingerprint density at radius 2 is 2.00 bits per heavy atom. The van der Waals surface area contributed by atoms with Crippen molar-refractivity contribution in [1.82, 2.24) is 9.78 Å². The number of aromatic nitrogens is 2. The number of hydrogen-bond donors (Lipinski definition) is 1. The molecule has 24 heavy (non-hydrogen) atoms. The third-order valence-corrected chi connectivity index (χ3v) is 3.64. The molecular formula is C17H21N3O4. The van der Waals surface area contributed by atoms with Crippen LogP contribution in [0.25, 0.3) is 10.9 Å². The number of ether oxygens (including phenoxy) is 2. The molecule has 1 aromatic heterocycles. The van der Waals surface area contributed by atoms with E-state index in [1.165, 1.54) is 7.11 Å². The van der Waals surface area contributed by atoms with Gasteiger partial charge in [0.15, 0.2) is 5.82 Å². The monoisotopic (exact) mass is 331 g/mol. The fourth-order valence-corrected chi connectivity index (χ4v) is 2.47. The van der Waals surface area contributed by atoms with Crippen LogP contribution in [0.4, 0.5) is 10.6 Å². The van der Waals surface area contributed by atoms with Gasteiger partial charge < -0.3 is 9.47 Å². The summed E-state index contributed by atoms with van der Waals surface area (Å²) in [6.45, 7) is 5.41. The summed E-state index contributed by atoms with van der Waals surface area (Å²) in [5.41, 5.74) is 0.666. The number of nitrogens with one attached hydrogen (secondary N) is 1. The van der Waals surface area contributed by atoms with Gasteiger partial charge in [-0.05, 0) is 51.8 Å². The van der Waals surface area contributed by atoms with Crippen molar-refractivity contribution in [2.24, 2.45) is 0 Å². The first-order chi connectivity index (χ1) is 11.3. The van der Waals surface area contributed by atoms with E-state index in [0.29, 0.717) is 17.4 Å². The van der Waals surface area contributed by atoms with Crippen molar-refractivity contribution in [3.8, 4) is 0 Å². The molecule has 0 spiro atoms. The molecule has 1 heterocycles. The van der Waals surface area contributed by atoms with Gasteiger partial charge in [-0.2, -0.15) is 5.10 Å². The molecule has 1 N–H and O–H groups in total. The lowest BCUT2D eigenvalue weighted by atomic mass is 10.1. The van der Waals surface area contributed by atoms with Crippen LogP contribution >= 0.6 is 0 Å². The smallest absolute Gasteiger partial charge is 0.413 e. The highest BCUT2D eigenvalue weighted by Crippen LogP contribution is 2.39. The first-order valence-corrected chi connectivity index (χ1v) is 7.89. The van der Waals surface area contributed by atoms with Crippen LogP contribution in [-0.4, -0.2) is 34.6 Å². The van der Waals surface area contributed by atoms with E-state index in [-0.39, 0.29) is 0 Å².